The number of hydrogen-bond donors (Lipinski definition) is 2. The van der Waals surface area contributed by atoms with E-state index in [4.69, 9.17) is 5.84 Å². The number of nitrogens with zero attached hydrogens (tertiary/aromatic N) is 2. The number of likely N-dealkylation sites (N-methyl/N-ethyl adjacent to an activating group) is 1. The van der Waals surface area contributed by atoms with Crippen LogP contribution in [0.2, 0.25) is 0 Å². The molecular weight excluding hydrogens is 272 g/mol. The van der Waals surface area contributed by atoms with E-state index in [1.807, 2.05) is 11.4 Å². The van der Waals surface area contributed by atoms with Gasteiger partial charge in [0.2, 0.25) is 0 Å². The predicted molar refractivity (Wildman–Crippen MR) is 82.6 cm³/mol. The van der Waals surface area contributed by atoms with Crippen LogP contribution < -0.4 is 11.3 Å². The van der Waals surface area contributed by atoms with Gasteiger partial charge in [-0.25, -0.2) is 5.84 Å². The highest BCUT2D eigenvalue weighted by atomic mass is 32.1. The second-order valence-corrected chi connectivity index (χ2v) is 6.06. The number of nitrogen functional groups attached to an aromatic ring is 1. The summed E-state index contributed by atoms with van der Waals surface area (Å²) in [5.74, 6) is 5.04. The lowest BCUT2D eigenvalue weighted by molar-refractivity contribution is 0.0956. The molecule has 2 heterocycles. The Morgan fingerprint density at radius 3 is 2.95 bits per heavy atom. The standard InChI is InChI=1S/C14H24N4OS/c1-3-18(4-2)12-5-7-17(10-12)9-11-6-8-20-13(11)14(19)16-15/h6,8,12H,3-5,7,9-10,15H2,1-2H3,(H,16,19). The third-order valence-electron chi connectivity index (χ3n) is 4.05. The van der Waals surface area contributed by atoms with Crippen LogP contribution in [-0.4, -0.2) is 47.9 Å². The van der Waals surface area contributed by atoms with Crippen molar-refractivity contribution >= 4 is 17.2 Å². The Kier molecular flexibility index (Phi) is 5.54. The maximum atomic E-state index is 11.7. The van der Waals surface area contributed by atoms with E-state index in [-0.39, 0.29) is 5.91 Å². The van der Waals surface area contributed by atoms with E-state index in [9.17, 15) is 4.79 Å². The van der Waals surface area contributed by atoms with Crippen molar-refractivity contribution in [3.8, 4) is 0 Å². The van der Waals surface area contributed by atoms with Crippen LogP contribution in [-0.2, 0) is 6.54 Å². The van der Waals surface area contributed by atoms with Gasteiger partial charge in [0, 0.05) is 25.7 Å². The first kappa shape index (κ1) is 15.4. The largest absolute Gasteiger partial charge is 0.300 e. The fourth-order valence-corrected chi connectivity index (χ4v) is 3.78. The topological polar surface area (TPSA) is 61.6 Å². The molecule has 1 unspecified atom stereocenters. The zero-order chi connectivity index (χ0) is 14.5. The predicted octanol–water partition coefficient (Wildman–Crippen LogP) is 1.27. The number of amides is 1. The molecule has 1 aromatic rings. The van der Waals surface area contributed by atoms with Gasteiger partial charge in [0.15, 0.2) is 0 Å². The zero-order valence-corrected chi connectivity index (χ0v) is 13.1. The first-order valence-electron chi connectivity index (χ1n) is 7.23. The number of hydrazine groups is 1. The fourth-order valence-electron chi connectivity index (χ4n) is 2.96. The number of carbonyl (C=O) groups excluding carboxylic acids is 1. The fraction of sp³-hybridized carbons (Fsp3) is 0.643. The Balaban J connectivity index is 1.95. The van der Waals surface area contributed by atoms with Crippen LogP contribution in [0.1, 0.15) is 35.5 Å². The molecule has 2 rings (SSSR count). The highest BCUT2D eigenvalue weighted by Gasteiger charge is 2.27. The monoisotopic (exact) mass is 296 g/mol. The van der Waals surface area contributed by atoms with E-state index in [0.717, 1.165) is 43.2 Å². The van der Waals surface area contributed by atoms with Gasteiger partial charge in [-0.1, -0.05) is 13.8 Å². The summed E-state index contributed by atoms with van der Waals surface area (Å²) >= 11 is 1.45. The molecule has 5 nitrogen and oxygen atoms in total. The molecule has 1 fully saturated rings. The Morgan fingerprint density at radius 2 is 2.30 bits per heavy atom. The highest BCUT2D eigenvalue weighted by molar-refractivity contribution is 7.12. The van der Waals surface area contributed by atoms with Crippen molar-refractivity contribution < 1.29 is 4.79 Å². The van der Waals surface area contributed by atoms with Gasteiger partial charge in [-0.2, -0.15) is 0 Å². The van der Waals surface area contributed by atoms with Crippen molar-refractivity contribution in [2.75, 3.05) is 26.2 Å². The third kappa shape index (κ3) is 3.38. The zero-order valence-electron chi connectivity index (χ0n) is 12.3. The molecule has 1 aromatic heterocycles. The second kappa shape index (κ2) is 7.17. The van der Waals surface area contributed by atoms with Crippen molar-refractivity contribution in [3.63, 3.8) is 0 Å². The molecule has 1 aliphatic rings. The molecule has 1 atom stereocenters. The first-order valence-corrected chi connectivity index (χ1v) is 8.11. The minimum atomic E-state index is -0.186. The molecule has 0 aliphatic carbocycles. The van der Waals surface area contributed by atoms with Crippen LogP contribution in [0, 0.1) is 0 Å². The highest BCUT2D eigenvalue weighted by Crippen LogP contribution is 2.22. The average Bonchev–Trinajstić information content (AvgIpc) is 3.10. The Morgan fingerprint density at radius 1 is 1.55 bits per heavy atom. The average molecular weight is 296 g/mol. The normalized spacial score (nSPS) is 19.7. The molecule has 6 heteroatoms. The lowest BCUT2D eigenvalue weighted by Gasteiger charge is -2.26. The molecule has 0 saturated carbocycles. The summed E-state index contributed by atoms with van der Waals surface area (Å²) in [7, 11) is 0. The molecule has 1 amide bonds. The molecular formula is C14H24N4OS. The summed E-state index contributed by atoms with van der Waals surface area (Å²) in [5.41, 5.74) is 3.30. The maximum absolute atomic E-state index is 11.7. The number of thiophene rings is 1. The Bertz CT molecular complexity index is 444. The van der Waals surface area contributed by atoms with Gasteiger partial charge in [-0.3, -0.25) is 20.0 Å². The summed E-state index contributed by atoms with van der Waals surface area (Å²) < 4.78 is 0. The molecule has 0 spiro atoms. The second-order valence-electron chi connectivity index (χ2n) is 5.15. The molecule has 20 heavy (non-hydrogen) atoms. The number of nitrogens with two attached hydrogens (primary N) is 1. The number of nitrogens with one attached hydrogen (secondary N) is 1. The van der Waals surface area contributed by atoms with E-state index < -0.39 is 0 Å². The van der Waals surface area contributed by atoms with Gasteiger partial charge in [0.25, 0.3) is 5.91 Å². The van der Waals surface area contributed by atoms with Gasteiger partial charge in [-0.05, 0) is 36.5 Å². The van der Waals surface area contributed by atoms with E-state index in [0.29, 0.717) is 6.04 Å². The van der Waals surface area contributed by atoms with Gasteiger partial charge in [-0.15, -0.1) is 11.3 Å². The SMILES string of the molecule is CCN(CC)C1CCN(Cc2ccsc2C(=O)NN)C1. The first-order chi connectivity index (χ1) is 9.69. The van der Waals surface area contributed by atoms with Crippen molar-refractivity contribution in [1.82, 2.24) is 15.2 Å². The summed E-state index contributed by atoms with van der Waals surface area (Å²) in [4.78, 5) is 17.4. The number of hydrogen-bond acceptors (Lipinski definition) is 5. The maximum Gasteiger partial charge on any atom is 0.275 e. The van der Waals surface area contributed by atoms with Crippen LogP contribution in [0.25, 0.3) is 0 Å². The van der Waals surface area contributed by atoms with Crippen LogP contribution in [0.5, 0.6) is 0 Å². The molecule has 3 N–H and O–H groups in total. The number of rotatable bonds is 6. The van der Waals surface area contributed by atoms with Gasteiger partial charge < -0.3 is 0 Å². The van der Waals surface area contributed by atoms with Gasteiger partial charge in [0.1, 0.15) is 0 Å². The summed E-state index contributed by atoms with van der Waals surface area (Å²) in [6.07, 6.45) is 1.21. The van der Waals surface area contributed by atoms with Crippen LogP contribution in [0.15, 0.2) is 11.4 Å². The Labute approximate surface area is 124 Å². The third-order valence-corrected chi connectivity index (χ3v) is 5.01. The molecule has 112 valence electrons. The quantitative estimate of drug-likeness (QED) is 0.471. The summed E-state index contributed by atoms with van der Waals surface area (Å²) in [6.45, 7) is 9.66. The molecule has 0 radical (unpaired) electrons. The van der Waals surface area contributed by atoms with Crippen molar-refractivity contribution in [2.45, 2.75) is 32.9 Å². The van der Waals surface area contributed by atoms with Gasteiger partial charge >= 0.3 is 0 Å². The van der Waals surface area contributed by atoms with E-state index in [2.05, 4.69) is 29.1 Å². The van der Waals surface area contributed by atoms with Crippen molar-refractivity contribution in [3.05, 3.63) is 21.9 Å². The Hall–Kier alpha value is -0.950. The summed E-state index contributed by atoms with van der Waals surface area (Å²) in [5, 5.41) is 1.96. The van der Waals surface area contributed by atoms with Crippen LogP contribution in [0.3, 0.4) is 0 Å². The minimum Gasteiger partial charge on any atom is -0.300 e. The van der Waals surface area contributed by atoms with Crippen LogP contribution in [0.4, 0.5) is 0 Å². The van der Waals surface area contributed by atoms with E-state index in [1.54, 1.807) is 0 Å². The minimum absolute atomic E-state index is 0.186. The number of carbonyl (C=O) groups is 1. The molecule has 1 aliphatic heterocycles. The number of likely N-dealkylation sites (tertiary alicyclic amines) is 1. The van der Waals surface area contributed by atoms with E-state index in [1.165, 1.54) is 17.8 Å². The van der Waals surface area contributed by atoms with Crippen molar-refractivity contribution in [2.24, 2.45) is 5.84 Å². The molecule has 0 aromatic carbocycles. The lowest BCUT2D eigenvalue weighted by Crippen LogP contribution is -2.37. The summed E-state index contributed by atoms with van der Waals surface area (Å²) in [6, 6.07) is 2.68. The lowest BCUT2D eigenvalue weighted by atomic mass is 10.2. The van der Waals surface area contributed by atoms with Crippen molar-refractivity contribution in [1.29, 1.82) is 0 Å². The van der Waals surface area contributed by atoms with Gasteiger partial charge in [0.05, 0.1) is 4.88 Å². The van der Waals surface area contributed by atoms with E-state index >= 15 is 0 Å². The van der Waals surface area contributed by atoms with Crippen LogP contribution >= 0.6 is 11.3 Å². The molecule has 0 bridgehead atoms. The molecule has 1 saturated heterocycles. The smallest absolute Gasteiger partial charge is 0.275 e.